The summed E-state index contributed by atoms with van der Waals surface area (Å²) in [6, 6.07) is 12.5. The van der Waals surface area contributed by atoms with Crippen molar-refractivity contribution >= 4 is 28.0 Å². The molecule has 0 saturated heterocycles. The molecule has 8 nitrogen and oxygen atoms in total. The van der Waals surface area contributed by atoms with E-state index >= 15 is 0 Å². The van der Waals surface area contributed by atoms with Crippen LogP contribution in [-0.2, 0) is 6.54 Å². The lowest BCUT2D eigenvalue weighted by Gasteiger charge is -2.10. The lowest BCUT2D eigenvalue weighted by Crippen LogP contribution is -2.34. The molecule has 188 valence electrons. The first-order chi connectivity index (χ1) is 18.3. The van der Waals surface area contributed by atoms with E-state index in [0.29, 0.717) is 11.2 Å². The number of imidazole rings is 1. The number of nitrogens with two attached hydrogens (primary N) is 1. The van der Waals surface area contributed by atoms with Crippen LogP contribution in [0.15, 0.2) is 82.5 Å². The van der Waals surface area contributed by atoms with Gasteiger partial charge in [-0.2, -0.15) is 4.98 Å². The minimum absolute atomic E-state index is 0.00208. The Morgan fingerprint density at radius 3 is 2.58 bits per heavy atom. The molecule has 0 unspecified atom stereocenters. The van der Waals surface area contributed by atoms with Gasteiger partial charge in [-0.3, -0.25) is 4.79 Å². The maximum absolute atomic E-state index is 14.1. The number of phenolic OH excluding ortho intramolecular Hbond substituents is 1. The van der Waals surface area contributed by atoms with E-state index in [1.807, 2.05) is 0 Å². The summed E-state index contributed by atoms with van der Waals surface area (Å²) in [4.78, 5) is 21.9. The first-order valence-corrected chi connectivity index (χ1v) is 11.3. The molecule has 0 saturated carbocycles. The molecule has 6 rings (SSSR count). The van der Waals surface area contributed by atoms with Gasteiger partial charge in [0, 0.05) is 18.2 Å². The molecule has 0 bridgehead atoms. The van der Waals surface area contributed by atoms with E-state index in [9.17, 15) is 23.1 Å². The maximum Gasteiger partial charge on any atom is 0.308 e. The van der Waals surface area contributed by atoms with E-state index < -0.39 is 22.9 Å². The minimum Gasteiger partial charge on any atom is -0.508 e. The molecular weight excluding hydrogens is 499 g/mol. The minimum atomic E-state index is -0.676. The average molecular weight is 516 g/mol. The Hall–Kier alpha value is -5.19. The Labute approximate surface area is 211 Å². The summed E-state index contributed by atoms with van der Waals surface area (Å²) >= 11 is 0. The summed E-state index contributed by atoms with van der Waals surface area (Å²) in [6.45, 7) is -0.0876. The van der Waals surface area contributed by atoms with Gasteiger partial charge in [-0.1, -0.05) is 17.1 Å². The Balaban J connectivity index is 1.61. The van der Waals surface area contributed by atoms with E-state index in [-0.39, 0.29) is 51.7 Å². The van der Waals surface area contributed by atoms with Crippen LogP contribution in [-0.4, -0.2) is 19.6 Å². The largest absolute Gasteiger partial charge is 0.508 e. The molecule has 3 aromatic carbocycles. The van der Waals surface area contributed by atoms with Crippen molar-refractivity contribution in [1.29, 1.82) is 0 Å². The van der Waals surface area contributed by atoms with Crippen LogP contribution >= 0.6 is 0 Å². The average Bonchev–Trinajstić information content (AvgIpc) is 3.24. The molecule has 38 heavy (non-hydrogen) atoms. The molecular formula is C27H17F3N5O3+. The molecule has 0 radical (unpaired) electrons. The first kappa shape index (κ1) is 23.2. The molecule has 11 heteroatoms. The third-order valence-electron chi connectivity index (χ3n) is 6.10. The van der Waals surface area contributed by atoms with Crippen LogP contribution < -0.4 is 15.7 Å². The van der Waals surface area contributed by atoms with Crippen LogP contribution in [0.1, 0.15) is 5.76 Å². The number of fused-ring (bicyclic) bond motifs is 2. The standard InChI is InChI=1S/C27H16F3N5O3/c28-15-3-1-2-14(6-15)23-22(38-21-5-4-16(29)9-20(21)25(23)37)11-34-13-35(18-7-17(30)8-19(36)10-18)24-26(31)32-12-33-27(24)34/h1-10,12-13H,11H2,(H2-,31,32,33,36)/p+1. The fraction of sp³-hybridized carbons (Fsp3) is 0.0370. The van der Waals surface area contributed by atoms with Crippen molar-refractivity contribution < 1.29 is 27.3 Å². The second-order valence-electron chi connectivity index (χ2n) is 8.59. The van der Waals surface area contributed by atoms with Crippen LogP contribution in [0, 0.1) is 17.5 Å². The van der Waals surface area contributed by atoms with Crippen LogP contribution in [0.4, 0.5) is 19.0 Å². The molecule has 3 heterocycles. The Bertz CT molecular complexity index is 1930. The van der Waals surface area contributed by atoms with Crippen molar-refractivity contribution in [3.8, 4) is 22.6 Å². The number of aromatic nitrogens is 4. The zero-order valence-electron chi connectivity index (χ0n) is 19.4. The summed E-state index contributed by atoms with van der Waals surface area (Å²) < 4.78 is 51.4. The number of rotatable bonds is 4. The van der Waals surface area contributed by atoms with Crippen molar-refractivity contribution in [2.45, 2.75) is 6.54 Å². The molecule has 0 aliphatic carbocycles. The number of hydrogen-bond donors (Lipinski definition) is 2. The van der Waals surface area contributed by atoms with Crippen LogP contribution in [0.3, 0.4) is 0 Å². The molecule has 0 aliphatic rings. The van der Waals surface area contributed by atoms with Crippen molar-refractivity contribution in [3.63, 3.8) is 0 Å². The topological polar surface area (TPSA) is 111 Å². The number of halogens is 3. The van der Waals surface area contributed by atoms with Gasteiger partial charge in [0.05, 0.1) is 10.9 Å². The van der Waals surface area contributed by atoms with E-state index in [1.165, 1.54) is 59.7 Å². The second kappa shape index (κ2) is 8.73. The lowest BCUT2D eigenvalue weighted by molar-refractivity contribution is -0.666. The van der Waals surface area contributed by atoms with Crippen LogP contribution in [0.5, 0.6) is 5.75 Å². The molecule has 3 N–H and O–H groups in total. The molecule has 0 aliphatic heterocycles. The van der Waals surface area contributed by atoms with Crippen LogP contribution in [0.25, 0.3) is 38.9 Å². The quantitative estimate of drug-likeness (QED) is 0.339. The highest BCUT2D eigenvalue weighted by Crippen LogP contribution is 2.28. The number of phenols is 1. The predicted octanol–water partition coefficient (Wildman–Crippen LogP) is 4.23. The number of benzene rings is 3. The fourth-order valence-electron chi connectivity index (χ4n) is 4.50. The Kier molecular flexibility index (Phi) is 5.34. The summed E-state index contributed by atoms with van der Waals surface area (Å²) in [5.41, 5.74) is 6.89. The second-order valence-corrected chi connectivity index (χ2v) is 8.59. The summed E-state index contributed by atoms with van der Waals surface area (Å²) in [6.07, 6.45) is 2.78. The summed E-state index contributed by atoms with van der Waals surface area (Å²) in [7, 11) is 0. The van der Waals surface area contributed by atoms with E-state index in [2.05, 4.69) is 9.97 Å². The predicted molar refractivity (Wildman–Crippen MR) is 132 cm³/mol. The Morgan fingerprint density at radius 1 is 0.974 bits per heavy atom. The van der Waals surface area contributed by atoms with Crippen LogP contribution in [0.2, 0.25) is 0 Å². The van der Waals surface area contributed by atoms with Crippen molar-refractivity contribution in [2.24, 2.45) is 0 Å². The first-order valence-electron chi connectivity index (χ1n) is 11.3. The van der Waals surface area contributed by atoms with Crippen molar-refractivity contribution in [3.05, 3.63) is 107 Å². The smallest absolute Gasteiger partial charge is 0.308 e. The van der Waals surface area contributed by atoms with Gasteiger partial charge in [-0.25, -0.2) is 22.3 Å². The molecule has 0 atom stereocenters. The zero-order chi connectivity index (χ0) is 26.6. The van der Waals surface area contributed by atoms with Crippen molar-refractivity contribution in [1.82, 2.24) is 14.5 Å². The Morgan fingerprint density at radius 2 is 1.79 bits per heavy atom. The van der Waals surface area contributed by atoms with Gasteiger partial charge in [0.15, 0.2) is 24.2 Å². The zero-order valence-corrected chi connectivity index (χ0v) is 19.4. The number of aromatic hydroxyl groups is 1. The number of nitrogen functional groups attached to an aromatic ring is 1. The monoisotopic (exact) mass is 516 g/mol. The highest BCUT2D eigenvalue weighted by atomic mass is 19.1. The van der Waals surface area contributed by atoms with E-state index in [4.69, 9.17) is 10.2 Å². The summed E-state index contributed by atoms with van der Waals surface area (Å²) in [5.74, 6) is -1.94. The normalized spacial score (nSPS) is 11.4. The lowest BCUT2D eigenvalue weighted by atomic mass is 10.0. The molecule has 0 spiro atoms. The number of anilines is 1. The number of hydrogen-bond acceptors (Lipinski definition) is 6. The summed E-state index contributed by atoms with van der Waals surface area (Å²) in [5, 5.41) is 9.95. The van der Waals surface area contributed by atoms with Gasteiger partial charge in [-0.05, 0) is 35.9 Å². The highest BCUT2D eigenvalue weighted by Gasteiger charge is 2.25. The van der Waals surface area contributed by atoms with E-state index in [0.717, 1.165) is 12.1 Å². The van der Waals surface area contributed by atoms with Crippen molar-refractivity contribution in [2.75, 3.05) is 5.73 Å². The van der Waals surface area contributed by atoms with Gasteiger partial charge in [0.25, 0.3) is 0 Å². The van der Waals surface area contributed by atoms with E-state index in [1.54, 1.807) is 10.6 Å². The van der Waals surface area contributed by atoms with Gasteiger partial charge < -0.3 is 15.3 Å². The third kappa shape index (κ3) is 3.90. The fourth-order valence-corrected chi connectivity index (χ4v) is 4.50. The molecule has 6 aromatic rings. The van der Waals surface area contributed by atoms with Gasteiger partial charge in [0.1, 0.15) is 41.0 Å². The highest BCUT2D eigenvalue weighted by molar-refractivity contribution is 5.83. The third-order valence-corrected chi connectivity index (χ3v) is 6.10. The molecule has 3 aromatic heterocycles. The SMILES string of the molecule is Nc1ncnc2c1n(-c1cc(O)cc(F)c1)c[n+]2Cc1oc2ccc(F)cc2c(=O)c1-c1cccc(F)c1. The maximum atomic E-state index is 14.1. The van der Waals surface area contributed by atoms with Gasteiger partial charge in [0.2, 0.25) is 10.9 Å². The number of nitrogens with zero attached hydrogens (tertiary/aromatic N) is 4. The van der Waals surface area contributed by atoms with Gasteiger partial charge in [-0.15, -0.1) is 0 Å². The van der Waals surface area contributed by atoms with Gasteiger partial charge >= 0.3 is 5.65 Å². The molecule has 0 fully saturated rings. The molecule has 0 amide bonds.